The van der Waals surface area contributed by atoms with Crippen LogP contribution in [0.15, 0.2) is 59.9 Å². The molecular weight excluding hydrogens is 402 g/mol. The van der Waals surface area contributed by atoms with Crippen molar-refractivity contribution in [3.63, 3.8) is 0 Å². The number of nitrogens with one attached hydrogen (secondary N) is 1. The molecule has 2 heterocycles. The quantitative estimate of drug-likeness (QED) is 0.377. The standard InChI is InChI=1S/C19H12F2N4OS2/c20-12-7-5-11(6-8-12)16-17-18(28-25-16)19(23-10-22-17)27-9-15(26)24-14-4-2-1-3-13(14)21/h1-8,10H,9H2,(H,24,26). The first kappa shape index (κ1) is 18.5. The van der Waals surface area contributed by atoms with Crippen molar-refractivity contribution in [2.75, 3.05) is 11.1 Å². The number of fused-ring (bicyclic) bond motifs is 1. The Morgan fingerprint density at radius 1 is 1.07 bits per heavy atom. The fourth-order valence-electron chi connectivity index (χ4n) is 2.53. The summed E-state index contributed by atoms with van der Waals surface area (Å²) >= 11 is 2.44. The summed E-state index contributed by atoms with van der Waals surface area (Å²) in [5.74, 6) is -1.10. The van der Waals surface area contributed by atoms with Gasteiger partial charge in [-0.1, -0.05) is 23.9 Å². The van der Waals surface area contributed by atoms with Gasteiger partial charge in [0.25, 0.3) is 0 Å². The minimum Gasteiger partial charge on any atom is -0.323 e. The maximum Gasteiger partial charge on any atom is 0.234 e. The van der Waals surface area contributed by atoms with Crippen LogP contribution in [0.4, 0.5) is 14.5 Å². The topological polar surface area (TPSA) is 67.8 Å². The predicted octanol–water partition coefficient (Wildman–Crippen LogP) is 4.76. The number of amides is 1. The third kappa shape index (κ3) is 3.85. The summed E-state index contributed by atoms with van der Waals surface area (Å²) in [6.45, 7) is 0. The van der Waals surface area contributed by atoms with Gasteiger partial charge in [-0.05, 0) is 47.9 Å². The molecule has 0 fully saturated rings. The first-order valence-corrected chi connectivity index (χ1v) is 9.91. The molecule has 0 atom stereocenters. The number of halogens is 2. The number of para-hydroxylation sites is 1. The average Bonchev–Trinajstić information content (AvgIpc) is 3.13. The van der Waals surface area contributed by atoms with Gasteiger partial charge in [-0.3, -0.25) is 4.79 Å². The Morgan fingerprint density at radius 3 is 2.64 bits per heavy atom. The Hall–Kier alpha value is -2.91. The van der Waals surface area contributed by atoms with E-state index >= 15 is 0 Å². The third-order valence-corrected chi connectivity index (χ3v) is 5.79. The van der Waals surface area contributed by atoms with Crippen LogP contribution in [-0.4, -0.2) is 26.0 Å². The van der Waals surface area contributed by atoms with Crippen molar-refractivity contribution >= 4 is 45.1 Å². The molecule has 140 valence electrons. The number of anilines is 1. The number of aromatic nitrogens is 3. The van der Waals surface area contributed by atoms with Crippen molar-refractivity contribution in [3.05, 3.63) is 66.5 Å². The molecule has 1 amide bonds. The van der Waals surface area contributed by atoms with Gasteiger partial charge in [-0.2, -0.15) is 4.37 Å². The summed E-state index contributed by atoms with van der Waals surface area (Å²) in [6.07, 6.45) is 1.40. The van der Waals surface area contributed by atoms with Crippen LogP contribution in [0, 0.1) is 11.6 Å². The maximum atomic E-state index is 13.6. The van der Waals surface area contributed by atoms with Gasteiger partial charge in [0.15, 0.2) is 0 Å². The zero-order valence-electron chi connectivity index (χ0n) is 14.2. The van der Waals surface area contributed by atoms with E-state index in [0.717, 1.165) is 10.3 Å². The Labute approximate surface area is 167 Å². The van der Waals surface area contributed by atoms with Crippen molar-refractivity contribution in [1.82, 2.24) is 14.3 Å². The van der Waals surface area contributed by atoms with Gasteiger partial charge in [0.2, 0.25) is 5.91 Å². The van der Waals surface area contributed by atoms with E-state index in [-0.39, 0.29) is 23.2 Å². The lowest BCUT2D eigenvalue weighted by molar-refractivity contribution is -0.113. The Morgan fingerprint density at radius 2 is 1.86 bits per heavy atom. The fourth-order valence-corrected chi connectivity index (χ4v) is 4.24. The largest absolute Gasteiger partial charge is 0.323 e. The van der Waals surface area contributed by atoms with Crippen LogP contribution in [0.2, 0.25) is 0 Å². The molecule has 0 aliphatic carbocycles. The van der Waals surface area contributed by atoms with Crippen LogP contribution >= 0.6 is 23.3 Å². The van der Waals surface area contributed by atoms with Crippen molar-refractivity contribution in [3.8, 4) is 11.3 Å². The molecule has 0 spiro atoms. The summed E-state index contributed by atoms with van der Waals surface area (Å²) in [6, 6.07) is 12.0. The minimum absolute atomic E-state index is 0.0598. The van der Waals surface area contributed by atoms with E-state index in [2.05, 4.69) is 19.7 Å². The number of hydrogen-bond donors (Lipinski definition) is 1. The molecule has 0 unspecified atom stereocenters. The van der Waals surface area contributed by atoms with Crippen LogP contribution in [-0.2, 0) is 4.79 Å². The fraction of sp³-hybridized carbons (Fsp3) is 0.0526. The smallest absolute Gasteiger partial charge is 0.234 e. The van der Waals surface area contributed by atoms with E-state index < -0.39 is 5.82 Å². The lowest BCUT2D eigenvalue weighted by atomic mass is 10.1. The van der Waals surface area contributed by atoms with Crippen molar-refractivity contribution in [1.29, 1.82) is 0 Å². The van der Waals surface area contributed by atoms with Crippen molar-refractivity contribution in [2.45, 2.75) is 5.03 Å². The van der Waals surface area contributed by atoms with E-state index in [1.165, 1.54) is 53.9 Å². The van der Waals surface area contributed by atoms with Crippen LogP contribution in [0.3, 0.4) is 0 Å². The van der Waals surface area contributed by atoms with Crippen LogP contribution in [0.25, 0.3) is 21.5 Å². The van der Waals surface area contributed by atoms with E-state index in [1.54, 1.807) is 24.3 Å². The Balaban J connectivity index is 1.52. The SMILES string of the molecule is O=C(CSc1ncnc2c(-c3ccc(F)cc3)nsc12)Nc1ccccc1F. The summed E-state index contributed by atoms with van der Waals surface area (Å²) in [5, 5.41) is 3.15. The van der Waals surface area contributed by atoms with E-state index in [0.29, 0.717) is 16.2 Å². The highest BCUT2D eigenvalue weighted by molar-refractivity contribution is 8.00. The molecule has 2 aromatic carbocycles. The predicted molar refractivity (Wildman–Crippen MR) is 106 cm³/mol. The lowest BCUT2D eigenvalue weighted by Crippen LogP contribution is -2.15. The number of nitrogens with zero attached hydrogens (tertiary/aromatic N) is 3. The highest BCUT2D eigenvalue weighted by Crippen LogP contribution is 2.34. The van der Waals surface area contributed by atoms with Gasteiger partial charge in [0.05, 0.1) is 11.4 Å². The van der Waals surface area contributed by atoms with Crippen LogP contribution in [0.5, 0.6) is 0 Å². The summed E-state index contributed by atoms with van der Waals surface area (Å²) in [4.78, 5) is 20.7. The number of carbonyl (C=O) groups is 1. The van der Waals surface area contributed by atoms with Crippen molar-refractivity contribution < 1.29 is 13.6 Å². The monoisotopic (exact) mass is 414 g/mol. The van der Waals surface area contributed by atoms with E-state index in [4.69, 9.17) is 0 Å². The number of benzene rings is 2. The molecule has 4 rings (SSSR count). The number of thioether (sulfide) groups is 1. The zero-order chi connectivity index (χ0) is 19.5. The Kier molecular flexibility index (Phi) is 5.27. The summed E-state index contributed by atoms with van der Waals surface area (Å²) in [5.41, 5.74) is 2.17. The summed E-state index contributed by atoms with van der Waals surface area (Å²) < 4.78 is 32.0. The van der Waals surface area contributed by atoms with Gasteiger partial charge in [-0.25, -0.2) is 18.7 Å². The zero-order valence-corrected chi connectivity index (χ0v) is 15.9. The van der Waals surface area contributed by atoms with Gasteiger partial charge in [0.1, 0.15) is 38.9 Å². The normalized spacial score (nSPS) is 10.9. The molecule has 0 saturated heterocycles. The molecule has 0 saturated carbocycles. The Bertz CT molecular complexity index is 1150. The first-order valence-electron chi connectivity index (χ1n) is 8.15. The van der Waals surface area contributed by atoms with E-state index in [9.17, 15) is 13.6 Å². The molecule has 28 heavy (non-hydrogen) atoms. The number of hydrogen-bond acceptors (Lipinski definition) is 6. The molecule has 2 aromatic heterocycles. The van der Waals surface area contributed by atoms with Crippen LogP contribution < -0.4 is 5.32 Å². The second-order valence-corrected chi connectivity index (χ2v) is 7.45. The van der Waals surface area contributed by atoms with Gasteiger partial charge < -0.3 is 5.32 Å². The first-order chi connectivity index (χ1) is 13.6. The average molecular weight is 414 g/mol. The van der Waals surface area contributed by atoms with Gasteiger partial charge >= 0.3 is 0 Å². The van der Waals surface area contributed by atoms with Gasteiger partial charge in [-0.15, -0.1) is 0 Å². The van der Waals surface area contributed by atoms with Crippen LogP contribution in [0.1, 0.15) is 0 Å². The molecule has 1 N–H and O–H groups in total. The highest BCUT2D eigenvalue weighted by atomic mass is 32.2. The minimum atomic E-state index is -0.489. The second kappa shape index (κ2) is 7.99. The molecule has 0 radical (unpaired) electrons. The molecule has 0 bridgehead atoms. The maximum absolute atomic E-state index is 13.6. The van der Waals surface area contributed by atoms with Crippen molar-refractivity contribution in [2.24, 2.45) is 0 Å². The number of carbonyl (C=O) groups excluding carboxylic acids is 1. The third-order valence-electron chi connectivity index (χ3n) is 3.83. The highest BCUT2D eigenvalue weighted by Gasteiger charge is 2.16. The molecule has 4 aromatic rings. The second-order valence-electron chi connectivity index (χ2n) is 5.71. The summed E-state index contributed by atoms with van der Waals surface area (Å²) in [7, 11) is 0. The van der Waals surface area contributed by atoms with E-state index in [1.807, 2.05) is 0 Å². The number of rotatable bonds is 5. The van der Waals surface area contributed by atoms with Gasteiger partial charge in [0, 0.05) is 5.56 Å². The molecule has 9 heteroatoms. The molecular formula is C19H12F2N4OS2. The molecule has 0 aliphatic rings. The molecule has 0 aliphatic heterocycles. The molecule has 5 nitrogen and oxygen atoms in total. The lowest BCUT2D eigenvalue weighted by Gasteiger charge is -2.06.